The first-order chi connectivity index (χ1) is 8.58. The summed E-state index contributed by atoms with van der Waals surface area (Å²) in [5.74, 6) is -0.403. The van der Waals surface area contributed by atoms with Gasteiger partial charge >= 0.3 is 0 Å². The zero-order chi connectivity index (χ0) is 13.1. The van der Waals surface area contributed by atoms with Crippen molar-refractivity contribution >= 4 is 54.8 Å². The standard InChI is InChI=1S/C12H10Br2N2OS/c13-7-5-10(18-6-7)11(12(15)17)16-9-4-2-1-3-8(9)14/h1-6,11,16H,(H2,15,17). The molecule has 1 atom stereocenters. The number of para-hydroxylation sites is 1. The minimum Gasteiger partial charge on any atom is -0.369 e. The second kappa shape index (κ2) is 5.86. The molecule has 3 N–H and O–H groups in total. The van der Waals surface area contributed by atoms with Crippen molar-refractivity contribution in [3.8, 4) is 0 Å². The molecule has 0 aliphatic rings. The largest absolute Gasteiger partial charge is 0.369 e. The number of anilines is 1. The van der Waals surface area contributed by atoms with Gasteiger partial charge in [-0.2, -0.15) is 0 Å². The highest BCUT2D eigenvalue weighted by molar-refractivity contribution is 9.10. The number of nitrogens with two attached hydrogens (primary N) is 1. The van der Waals surface area contributed by atoms with Gasteiger partial charge in [0, 0.05) is 24.9 Å². The van der Waals surface area contributed by atoms with Crippen molar-refractivity contribution < 1.29 is 4.79 Å². The van der Waals surface area contributed by atoms with Crippen LogP contribution in [-0.2, 0) is 4.79 Å². The monoisotopic (exact) mass is 388 g/mol. The minimum absolute atomic E-state index is 0.403. The third kappa shape index (κ3) is 3.13. The molecule has 1 aromatic heterocycles. The summed E-state index contributed by atoms with van der Waals surface area (Å²) < 4.78 is 1.84. The van der Waals surface area contributed by atoms with Gasteiger partial charge in [-0.25, -0.2) is 0 Å². The van der Waals surface area contributed by atoms with E-state index in [1.54, 1.807) is 0 Å². The SMILES string of the molecule is NC(=O)C(Nc1ccccc1Br)c1cc(Br)cs1. The summed E-state index contributed by atoms with van der Waals surface area (Å²) in [4.78, 5) is 12.4. The molecule has 0 aliphatic carbocycles. The Hall–Kier alpha value is -0.850. The summed E-state index contributed by atoms with van der Waals surface area (Å²) >= 11 is 8.29. The molecule has 1 aromatic carbocycles. The summed E-state index contributed by atoms with van der Waals surface area (Å²) in [7, 11) is 0. The summed E-state index contributed by atoms with van der Waals surface area (Å²) in [5.41, 5.74) is 6.29. The lowest BCUT2D eigenvalue weighted by molar-refractivity contribution is -0.118. The Bertz CT molecular complexity index is 571. The fraction of sp³-hybridized carbons (Fsp3) is 0.0833. The molecular weight excluding hydrogens is 380 g/mol. The molecule has 1 amide bonds. The summed E-state index contributed by atoms with van der Waals surface area (Å²) in [6.45, 7) is 0. The van der Waals surface area contributed by atoms with E-state index in [0.29, 0.717) is 0 Å². The van der Waals surface area contributed by atoms with Crippen LogP contribution in [0.1, 0.15) is 10.9 Å². The van der Waals surface area contributed by atoms with Gasteiger partial charge < -0.3 is 11.1 Å². The van der Waals surface area contributed by atoms with Crippen molar-refractivity contribution in [2.45, 2.75) is 6.04 Å². The molecule has 0 spiro atoms. The number of primary amides is 1. The number of halogens is 2. The van der Waals surface area contributed by atoms with Crippen LogP contribution in [0.5, 0.6) is 0 Å². The van der Waals surface area contributed by atoms with E-state index in [0.717, 1.165) is 19.5 Å². The van der Waals surface area contributed by atoms with Gasteiger partial charge in [0.05, 0.1) is 0 Å². The number of nitrogens with one attached hydrogen (secondary N) is 1. The normalized spacial score (nSPS) is 12.1. The zero-order valence-electron chi connectivity index (χ0n) is 9.19. The Morgan fingerprint density at radius 3 is 2.61 bits per heavy atom. The van der Waals surface area contributed by atoms with E-state index >= 15 is 0 Å². The third-order valence-electron chi connectivity index (χ3n) is 2.33. The number of carbonyl (C=O) groups excluding carboxylic acids is 1. The number of hydrogen-bond acceptors (Lipinski definition) is 3. The highest BCUT2D eigenvalue weighted by Crippen LogP contribution is 2.30. The van der Waals surface area contributed by atoms with E-state index < -0.39 is 11.9 Å². The molecule has 1 heterocycles. The lowest BCUT2D eigenvalue weighted by atomic mass is 10.2. The first kappa shape index (κ1) is 13.6. The van der Waals surface area contributed by atoms with Crippen LogP contribution in [-0.4, -0.2) is 5.91 Å². The highest BCUT2D eigenvalue weighted by atomic mass is 79.9. The molecule has 0 saturated carbocycles. The van der Waals surface area contributed by atoms with Gasteiger partial charge in [-0.1, -0.05) is 12.1 Å². The van der Waals surface area contributed by atoms with Crippen molar-refractivity contribution in [3.05, 3.63) is 49.5 Å². The van der Waals surface area contributed by atoms with Crippen LogP contribution in [0.15, 0.2) is 44.7 Å². The molecule has 94 valence electrons. The van der Waals surface area contributed by atoms with Gasteiger partial charge in [0.2, 0.25) is 5.91 Å². The predicted molar refractivity (Wildman–Crippen MR) is 81.7 cm³/mol. The Labute approximate surface area is 126 Å². The molecule has 2 rings (SSSR count). The molecule has 0 bridgehead atoms. The van der Waals surface area contributed by atoms with Crippen LogP contribution in [0.2, 0.25) is 0 Å². The quantitative estimate of drug-likeness (QED) is 0.832. The molecule has 0 fully saturated rings. The van der Waals surface area contributed by atoms with E-state index in [9.17, 15) is 4.79 Å². The van der Waals surface area contributed by atoms with Crippen molar-refractivity contribution in [2.24, 2.45) is 5.73 Å². The highest BCUT2D eigenvalue weighted by Gasteiger charge is 2.20. The zero-order valence-corrected chi connectivity index (χ0v) is 13.2. The van der Waals surface area contributed by atoms with Crippen molar-refractivity contribution in [3.63, 3.8) is 0 Å². The molecular formula is C12H10Br2N2OS. The van der Waals surface area contributed by atoms with Crippen LogP contribution >= 0.6 is 43.2 Å². The average molecular weight is 390 g/mol. The van der Waals surface area contributed by atoms with E-state index in [4.69, 9.17) is 5.73 Å². The Balaban J connectivity index is 2.28. The fourth-order valence-electron chi connectivity index (χ4n) is 1.50. The third-order valence-corrected chi connectivity index (χ3v) is 4.78. The van der Waals surface area contributed by atoms with Gasteiger partial charge in [-0.15, -0.1) is 11.3 Å². The van der Waals surface area contributed by atoms with Gasteiger partial charge in [0.1, 0.15) is 6.04 Å². The number of rotatable bonds is 4. The fourth-order valence-corrected chi connectivity index (χ4v) is 3.40. The Kier molecular flexibility index (Phi) is 4.42. The van der Waals surface area contributed by atoms with E-state index in [1.807, 2.05) is 35.7 Å². The molecule has 18 heavy (non-hydrogen) atoms. The topological polar surface area (TPSA) is 55.1 Å². The molecule has 2 aromatic rings. The Morgan fingerprint density at radius 2 is 2.06 bits per heavy atom. The molecule has 1 unspecified atom stereocenters. The average Bonchev–Trinajstić information content (AvgIpc) is 2.74. The van der Waals surface area contributed by atoms with E-state index in [2.05, 4.69) is 37.2 Å². The van der Waals surface area contributed by atoms with Crippen LogP contribution < -0.4 is 11.1 Å². The molecule has 0 radical (unpaired) electrons. The number of carbonyl (C=O) groups is 1. The van der Waals surface area contributed by atoms with Crippen LogP contribution in [0, 0.1) is 0 Å². The number of hydrogen-bond donors (Lipinski definition) is 2. The number of thiophene rings is 1. The van der Waals surface area contributed by atoms with E-state index in [-0.39, 0.29) is 0 Å². The van der Waals surface area contributed by atoms with Crippen LogP contribution in [0.3, 0.4) is 0 Å². The maximum Gasteiger partial charge on any atom is 0.245 e. The second-order valence-electron chi connectivity index (χ2n) is 3.63. The molecule has 0 aliphatic heterocycles. The predicted octanol–water partition coefficient (Wildman–Crippen LogP) is 3.91. The van der Waals surface area contributed by atoms with Gasteiger partial charge in [0.15, 0.2) is 0 Å². The summed E-state index contributed by atoms with van der Waals surface area (Å²) in [6.07, 6.45) is 0. The van der Waals surface area contributed by atoms with Crippen molar-refractivity contribution in [1.82, 2.24) is 0 Å². The van der Waals surface area contributed by atoms with E-state index in [1.165, 1.54) is 11.3 Å². The second-order valence-corrected chi connectivity index (χ2v) is 6.34. The molecule has 3 nitrogen and oxygen atoms in total. The van der Waals surface area contributed by atoms with Crippen LogP contribution in [0.25, 0.3) is 0 Å². The maximum atomic E-state index is 11.6. The maximum absolute atomic E-state index is 11.6. The van der Waals surface area contributed by atoms with Gasteiger partial charge in [-0.05, 0) is 50.1 Å². The first-order valence-corrected chi connectivity index (χ1v) is 7.59. The van der Waals surface area contributed by atoms with Crippen molar-refractivity contribution in [1.29, 1.82) is 0 Å². The number of amides is 1. The molecule has 0 saturated heterocycles. The lowest BCUT2D eigenvalue weighted by Crippen LogP contribution is -2.27. The van der Waals surface area contributed by atoms with Crippen molar-refractivity contribution in [2.75, 3.05) is 5.32 Å². The number of benzene rings is 1. The minimum atomic E-state index is -0.528. The smallest absolute Gasteiger partial charge is 0.245 e. The van der Waals surface area contributed by atoms with Crippen LogP contribution in [0.4, 0.5) is 5.69 Å². The molecule has 6 heteroatoms. The summed E-state index contributed by atoms with van der Waals surface area (Å²) in [5, 5.41) is 5.07. The summed E-state index contributed by atoms with van der Waals surface area (Å²) in [6, 6.07) is 8.98. The Morgan fingerprint density at radius 1 is 1.33 bits per heavy atom. The van der Waals surface area contributed by atoms with Gasteiger partial charge in [-0.3, -0.25) is 4.79 Å². The van der Waals surface area contributed by atoms with Gasteiger partial charge in [0.25, 0.3) is 0 Å². The first-order valence-electron chi connectivity index (χ1n) is 5.12. The lowest BCUT2D eigenvalue weighted by Gasteiger charge is -2.16.